The Kier molecular flexibility index (Phi) is 8.12. The highest BCUT2D eigenvalue weighted by Gasteiger charge is 2.10. The molecule has 88 valence electrons. The van der Waals surface area contributed by atoms with Crippen LogP contribution in [0.2, 0.25) is 0 Å². The Hall–Kier alpha value is -0.750. The topological polar surface area (TPSA) is 89.6 Å². The van der Waals surface area contributed by atoms with E-state index in [1.54, 1.807) is 11.8 Å². The zero-order valence-electron chi connectivity index (χ0n) is 8.77. The van der Waals surface area contributed by atoms with E-state index in [0.717, 1.165) is 12.2 Å². The molecule has 1 unspecified atom stereocenters. The minimum absolute atomic E-state index is 0.210. The number of hydrogen-bond acceptors (Lipinski definition) is 5. The van der Waals surface area contributed by atoms with Crippen LogP contribution < -0.4 is 5.73 Å². The van der Waals surface area contributed by atoms with Gasteiger partial charge in [-0.25, -0.2) is 0 Å². The van der Waals surface area contributed by atoms with Gasteiger partial charge in [0.15, 0.2) is 0 Å². The highest BCUT2D eigenvalue weighted by molar-refractivity contribution is 7.99. The van der Waals surface area contributed by atoms with Crippen molar-refractivity contribution in [3.05, 3.63) is 0 Å². The minimum atomic E-state index is -0.967. The molecule has 0 spiro atoms. The second-order valence-corrected chi connectivity index (χ2v) is 4.25. The number of methoxy groups -OCH3 is 1. The number of nitrogens with two attached hydrogens (primary N) is 1. The summed E-state index contributed by atoms with van der Waals surface area (Å²) in [6.07, 6.45) is 1.62. The fourth-order valence-electron chi connectivity index (χ4n) is 0.856. The molecule has 0 heterocycles. The smallest absolute Gasteiger partial charge is 0.320 e. The lowest BCUT2D eigenvalue weighted by Crippen LogP contribution is -2.30. The Morgan fingerprint density at radius 1 is 1.47 bits per heavy atom. The van der Waals surface area contributed by atoms with Crippen LogP contribution in [0.15, 0.2) is 0 Å². The lowest BCUT2D eigenvalue weighted by atomic mass is 10.2. The van der Waals surface area contributed by atoms with E-state index >= 15 is 0 Å². The maximum absolute atomic E-state index is 10.7. The summed E-state index contributed by atoms with van der Waals surface area (Å²) in [5, 5.41) is 8.49. The van der Waals surface area contributed by atoms with Crippen molar-refractivity contribution in [2.45, 2.75) is 25.3 Å². The Labute approximate surface area is 93.4 Å². The maximum atomic E-state index is 10.7. The van der Waals surface area contributed by atoms with Gasteiger partial charge >= 0.3 is 11.9 Å². The number of carbonyl (C=O) groups is 2. The first-order valence-electron chi connectivity index (χ1n) is 4.71. The van der Waals surface area contributed by atoms with Gasteiger partial charge in [-0.05, 0) is 24.3 Å². The number of ether oxygens (including phenoxy) is 1. The van der Waals surface area contributed by atoms with Crippen LogP contribution in [0.5, 0.6) is 0 Å². The summed E-state index contributed by atoms with van der Waals surface area (Å²) in [4.78, 5) is 21.1. The fraction of sp³-hybridized carbons (Fsp3) is 0.778. The SMILES string of the molecule is COC(=O)CCCSCCC(N)C(=O)O. The molecular formula is C9H17NO4S. The number of thioether (sulfide) groups is 1. The first-order valence-corrected chi connectivity index (χ1v) is 5.86. The summed E-state index contributed by atoms with van der Waals surface area (Å²) in [5.41, 5.74) is 5.31. The Morgan fingerprint density at radius 2 is 2.13 bits per heavy atom. The monoisotopic (exact) mass is 235 g/mol. The first-order chi connectivity index (χ1) is 7.07. The summed E-state index contributed by atoms with van der Waals surface area (Å²) >= 11 is 1.60. The van der Waals surface area contributed by atoms with Gasteiger partial charge in [0, 0.05) is 6.42 Å². The van der Waals surface area contributed by atoms with Gasteiger partial charge in [0.1, 0.15) is 6.04 Å². The van der Waals surface area contributed by atoms with Crippen molar-refractivity contribution in [3.63, 3.8) is 0 Å². The van der Waals surface area contributed by atoms with Crippen molar-refractivity contribution in [2.75, 3.05) is 18.6 Å². The molecule has 0 aliphatic rings. The third-order valence-electron chi connectivity index (χ3n) is 1.79. The van der Waals surface area contributed by atoms with Gasteiger partial charge in [0.2, 0.25) is 0 Å². The maximum Gasteiger partial charge on any atom is 0.320 e. The third-order valence-corrected chi connectivity index (χ3v) is 2.89. The van der Waals surface area contributed by atoms with E-state index in [0.29, 0.717) is 18.6 Å². The van der Waals surface area contributed by atoms with Crippen LogP contribution in [0.25, 0.3) is 0 Å². The Balaban J connectivity index is 3.25. The highest BCUT2D eigenvalue weighted by atomic mass is 32.2. The van der Waals surface area contributed by atoms with Crippen molar-refractivity contribution in [1.82, 2.24) is 0 Å². The normalized spacial score (nSPS) is 12.1. The number of carboxylic acids is 1. The van der Waals surface area contributed by atoms with Gasteiger partial charge in [-0.1, -0.05) is 0 Å². The summed E-state index contributed by atoms with van der Waals surface area (Å²) in [5.74, 6) is 0.346. The van der Waals surface area contributed by atoms with E-state index in [2.05, 4.69) is 4.74 Å². The van der Waals surface area contributed by atoms with E-state index < -0.39 is 12.0 Å². The van der Waals surface area contributed by atoms with E-state index in [1.165, 1.54) is 7.11 Å². The minimum Gasteiger partial charge on any atom is -0.480 e. The third kappa shape index (κ3) is 8.26. The zero-order chi connectivity index (χ0) is 11.7. The molecule has 0 aromatic carbocycles. The molecule has 0 radical (unpaired) electrons. The molecule has 5 nitrogen and oxygen atoms in total. The van der Waals surface area contributed by atoms with Crippen LogP contribution >= 0.6 is 11.8 Å². The summed E-state index contributed by atoms with van der Waals surface area (Å²) in [7, 11) is 1.36. The van der Waals surface area contributed by atoms with Gasteiger partial charge in [0.25, 0.3) is 0 Å². The van der Waals surface area contributed by atoms with E-state index in [1.807, 2.05) is 0 Å². The molecule has 0 aromatic rings. The van der Waals surface area contributed by atoms with Crippen molar-refractivity contribution in [1.29, 1.82) is 0 Å². The number of aliphatic carboxylic acids is 1. The lowest BCUT2D eigenvalue weighted by molar-refractivity contribution is -0.140. The number of esters is 1. The predicted molar refractivity (Wildman–Crippen MR) is 58.8 cm³/mol. The summed E-state index contributed by atoms with van der Waals surface area (Å²) in [6, 6.07) is -0.780. The molecule has 0 saturated carbocycles. The predicted octanol–water partition coefficient (Wildman–Crippen LogP) is 0.475. The second-order valence-electron chi connectivity index (χ2n) is 3.03. The number of rotatable bonds is 8. The Morgan fingerprint density at radius 3 is 2.67 bits per heavy atom. The van der Waals surface area contributed by atoms with E-state index in [9.17, 15) is 9.59 Å². The molecule has 6 heteroatoms. The van der Waals surface area contributed by atoms with Gasteiger partial charge in [-0.2, -0.15) is 11.8 Å². The van der Waals surface area contributed by atoms with Crippen LogP contribution in [0.3, 0.4) is 0 Å². The standard InChI is InChI=1S/C9H17NO4S/c1-14-8(11)3-2-5-15-6-4-7(10)9(12)13/h7H,2-6,10H2,1H3,(H,12,13). The molecule has 15 heavy (non-hydrogen) atoms. The summed E-state index contributed by atoms with van der Waals surface area (Å²) in [6.45, 7) is 0. The average Bonchev–Trinajstić information content (AvgIpc) is 2.22. The van der Waals surface area contributed by atoms with Crippen LogP contribution in [0.4, 0.5) is 0 Å². The molecule has 0 fully saturated rings. The second kappa shape index (κ2) is 8.55. The van der Waals surface area contributed by atoms with Crippen molar-refractivity contribution in [2.24, 2.45) is 5.73 Å². The van der Waals surface area contributed by atoms with Crippen LogP contribution in [-0.4, -0.2) is 41.7 Å². The highest BCUT2D eigenvalue weighted by Crippen LogP contribution is 2.07. The van der Waals surface area contributed by atoms with Crippen LogP contribution in [0.1, 0.15) is 19.3 Å². The van der Waals surface area contributed by atoms with Crippen LogP contribution in [-0.2, 0) is 14.3 Å². The first kappa shape index (κ1) is 14.2. The summed E-state index contributed by atoms with van der Waals surface area (Å²) < 4.78 is 4.48. The fourth-order valence-corrected chi connectivity index (χ4v) is 1.83. The number of carboxylic acid groups (broad SMARTS) is 1. The molecule has 0 aliphatic carbocycles. The van der Waals surface area contributed by atoms with Crippen LogP contribution in [0, 0.1) is 0 Å². The van der Waals surface area contributed by atoms with Gasteiger partial charge in [0.05, 0.1) is 7.11 Å². The van der Waals surface area contributed by atoms with Gasteiger partial charge in [-0.3, -0.25) is 9.59 Å². The van der Waals surface area contributed by atoms with Crippen molar-refractivity contribution < 1.29 is 19.4 Å². The molecule has 0 bridgehead atoms. The van der Waals surface area contributed by atoms with E-state index in [-0.39, 0.29) is 5.97 Å². The molecule has 0 aromatic heterocycles. The average molecular weight is 235 g/mol. The molecule has 0 amide bonds. The molecule has 1 atom stereocenters. The quantitative estimate of drug-likeness (QED) is 0.469. The molecule has 0 aliphatic heterocycles. The van der Waals surface area contributed by atoms with Crippen molar-refractivity contribution >= 4 is 23.7 Å². The molecular weight excluding hydrogens is 218 g/mol. The zero-order valence-corrected chi connectivity index (χ0v) is 9.59. The lowest BCUT2D eigenvalue weighted by Gasteiger charge is -2.05. The van der Waals surface area contributed by atoms with Gasteiger partial charge < -0.3 is 15.6 Å². The Bertz CT molecular complexity index is 210. The largest absolute Gasteiger partial charge is 0.480 e. The van der Waals surface area contributed by atoms with Gasteiger partial charge in [-0.15, -0.1) is 0 Å². The van der Waals surface area contributed by atoms with Crippen molar-refractivity contribution in [3.8, 4) is 0 Å². The van der Waals surface area contributed by atoms with E-state index in [4.69, 9.17) is 10.8 Å². The number of carbonyl (C=O) groups excluding carboxylic acids is 1. The molecule has 3 N–H and O–H groups in total. The molecule has 0 saturated heterocycles. The molecule has 0 rings (SSSR count). The number of hydrogen-bond donors (Lipinski definition) is 2.